The van der Waals surface area contributed by atoms with Crippen molar-refractivity contribution in [2.75, 3.05) is 32.1 Å². The van der Waals surface area contributed by atoms with Crippen molar-refractivity contribution in [3.8, 4) is 0 Å². The Morgan fingerprint density at radius 2 is 1.76 bits per heavy atom. The Kier molecular flexibility index (Phi) is 7.34. The van der Waals surface area contributed by atoms with E-state index >= 15 is 0 Å². The van der Waals surface area contributed by atoms with E-state index in [1.54, 1.807) is 11.3 Å². The molecule has 33 heavy (non-hydrogen) atoms. The van der Waals surface area contributed by atoms with Gasteiger partial charge in [0.25, 0.3) is 5.91 Å². The van der Waals surface area contributed by atoms with Crippen LogP contribution in [0.1, 0.15) is 32.8 Å². The Bertz CT molecular complexity index is 1220. The zero-order valence-corrected chi connectivity index (χ0v) is 22.7. The monoisotopic (exact) mass is 542 g/mol. The quantitative estimate of drug-likeness (QED) is 0.223. The molecule has 1 amide bonds. The largest absolute Gasteiger partial charge is 0.325 e. The lowest BCUT2D eigenvalue weighted by Gasteiger charge is -2.31. The van der Waals surface area contributed by atoms with Gasteiger partial charge in [-0.05, 0) is 54.0 Å². The second-order valence-corrected chi connectivity index (χ2v) is 12.7. The van der Waals surface area contributed by atoms with Crippen molar-refractivity contribution in [3.63, 3.8) is 0 Å². The first kappa shape index (κ1) is 24.1. The van der Waals surface area contributed by atoms with Crippen LogP contribution in [0.4, 0.5) is 5.13 Å². The van der Waals surface area contributed by atoms with Gasteiger partial charge in [-0.3, -0.25) is 9.69 Å². The van der Waals surface area contributed by atoms with E-state index in [4.69, 9.17) is 4.98 Å². The number of hydrogen-bond donors (Lipinski definition) is 0. The summed E-state index contributed by atoms with van der Waals surface area (Å²) in [6.07, 6.45) is 0.895. The normalized spacial score (nSPS) is 11.8. The van der Waals surface area contributed by atoms with E-state index in [2.05, 4.69) is 68.1 Å². The summed E-state index contributed by atoms with van der Waals surface area (Å²) in [7, 11) is 4.52. The summed E-state index contributed by atoms with van der Waals surface area (Å²) in [6.45, 7) is 6.88. The third-order valence-electron chi connectivity index (χ3n) is 5.58. The number of halogens is 1. The van der Waals surface area contributed by atoms with Crippen LogP contribution in [0, 0.1) is 13.8 Å². The van der Waals surface area contributed by atoms with Gasteiger partial charge >= 0.3 is 0 Å². The number of fused-ring (bicyclic) bond motifs is 1. The molecule has 4 aromatic rings. The highest BCUT2D eigenvalue weighted by Gasteiger charge is 2.24. The molecule has 0 radical (unpaired) electrons. The number of thiazole rings is 1. The van der Waals surface area contributed by atoms with Crippen molar-refractivity contribution < 1.29 is 9.28 Å². The molecular formula is C26H29BrN3OS2+. The molecular weight excluding hydrogens is 514 g/mol. The molecule has 0 fully saturated rings. The molecule has 172 valence electrons. The highest BCUT2D eigenvalue weighted by atomic mass is 79.9. The van der Waals surface area contributed by atoms with E-state index < -0.39 is 0 Å². The third-order valence-corrected chi connectivity index (χ3v) is 8.25. The minimum absolute atomic E-state index is 0.0179. The summed E-state index contributed by atoms with van der Waals surface area (Å²) in [6, 6.07) is 18.6. The number of hydrogen-bond acceptors (Lipinski definition) is 4. The van der Waals surface area contributed by atoms with Crippen LogP contribution >= 0.6 is 38.6 Å². The Hall–Kier alpha value is -2.06. The van der Waals surface area contributed by atoms with Crippen molar-refractivity contribution in [1.82, 2.24) is 4.98 Å². The number of nitrogens with zero attached hydrogens (tertiary/aromatic N) is 3. The molecule has 2 heterocycles. The van der Waals surface area contributed by atoms with Crippen LogP contribution in [0.5, 0.6) is 0 Å². The lowest BCUT2D eigenvalue weighted by Crippen LogP contribution is -2.41. The predicted molar refractivity (Wildman–Crippen MR) is 145 cm³/mol. The number of amides is 1. The zero-order chi connectivity index (χ0) is 23.6. The maximum atomic E-state index is 13.4. The maximum Gasteiger partial charge on any atom is 0.270 e. The minimum atomic E-state index is 0.0179. The van der Waals surface area contributed by atoms with Crippen LogP contribution in [-0.2, 0) is 6.54 Å². The average Bonchev–Trinajstić information content (AvgIpc) is 3.35. The Morgan fingerprint density at radius 1 is 1.03 bits per heavy atom. The van der Waals surface area contributed by atoms with Gasteiger partial charge in [0.1, 0.15) is 6.54 Å². The van der Waals surface area contributed by atoms with Gasteiger partial charge in [0, 0.05) is 18.5 Å². The van der Waals surface area contributed by atoms with Crippen molar-refractivity contribution in [3.05, 3.63) is 80.0 Å². The van der Waals surface area contributed by atoms with Crippen molar-refractivity contribution in [2.45, 2.75) is 26.8 Å². The zero-order valence-electron chi connectivity index (χ0n) is 19.5. The van der Waals surface area contributed by atoms with E-state index in [9.17, 15) is 4.79 Å². The molecule has 0 saturated heterocycles. The highest BCUT2D eigenvalue weighted by Crippen LogP contribution is 2.31. The second kappa shape index (κ2) is 10.1. The van der Waals surface area contributed by atoms with Gasteiger partial charge in [-0.2, -0.15) is 0 Å². The van der Waals surface area contributed by atoms with Gasteiger partial charge in [-0.25, -0.2) is 4.98 Å². The average molecular weight is 544 g/mol. The van der Waals surface area contributed by atoms with E-state index in [0.29, 0.717) is 6.54 Å². The molecule has 0 unspecified atom stereocenters. The molecule has 0 aliphatic heterocycles. The molecule has 0 bridgehead atoms. The number of thiophene rings is 1. The summed E-state index contributed by atoms with van der Waals surface area (Å²) in [5.41, 5.74) is 4.91. The number of carbonyl (C=O) groups is 1. The van der Waals surface area contributed by atoms with Gasteiger partial charge in [0.2, 0.25) is 0 Å². The van der Waals surface area contributed by atoms with Gasteiger partial charge < -0.3 is 4.48 Å². The number of rotatable bonds is 8. The maximum absolute atomic E-state index is 13.4. The summed E-state index contributed by atoms with van der Waals surface area (Å²) >= 11 is 6.53. The van der Waals surface area contributed by atoms with Crippen LogP contribution in [0.15, 0.2) is 58.4 Å². The fraction of sp³-hybridized carbons (Fsp3) is 0.308. The molecule has 2 aromatic heterocycles. The molecule has 0 spiro atoms. The fourth-order valence-electron chi connectivity index (χ4n) is 4.21. The smallest absolute Gasteiger partial charge is 0.270 e. The number of anilines is 1. The van der Waals surface area contributed by atoms with E-state index in [1.165, 1.54) is 28.0 Å². The first-order chi connectivity index (χ1) is 15.7. The second-order valence-electron chi connectivity index (χ2n) is 9.19. The van der Waals surface area contributed by atoms with E-state index in [-0.39, 0.29) is 5.91 Å². The Morgan fingerprint density at radius 3 is 2.42 bits per heavy atom. The number of carbonyl (C=O) groups excluding carboxylic acids is 1. The van der Waals surface area contributed by atoms with Crippen LogP contribution in [0.2, 0.25) is 0 Å². The highest BCUT2D eigenvalue weighted by molar-refractivity contribution is 9.11. The van der Waals surface area contributed by atoms with Crippen LogP contribution in [0.3, 0.4) is 0 Å². The van der Waals surface area contributed by atoms with Gasteiger partial charge in [0.15, 0.2) is 5.13 Å². The number of aryl methyl sites for hydroxylation is 2. The number of benzene rings is 2. The lowest BCUT2D eigenvalue weighted by molar-refractivity contribution is -0.903. The first-order valence-electron chi connectivity index (χ1n) is 11.0. The summed E-state index contributed by atoms with van der Waals surface area (Å²) < 4.78 is 2.93. The molecule has 2 aromatic carbocycles. The van der Waals surface area contributed by atoms with E-state index in [1.807, 2.05) is 35.2 Å². The molecule has 4 nitrogen and oxygen atoms in total. The molecule has 0 aliphatic rings. The Balaban J connectivity index is 1.50. The summed E-state index contributed by atoms with van der Waals surface area (Å²) in [5.74, 6) is 0.0179. The number of quaternary nitrogens is 1. The Labute approximate surface area is 212 Å². The molecule has 0 saturated carbocycles. The van der Waals surface area contributed by atoms with E-state index in [0.717, 1.165) is 48.0 Å². The number of aromatic nitrogens is 1. The molecule has 7 heteroatoms. The van der Waals surface area contributed by atoms with Crippen molar-refractivity contribution in [1.29, 1.82) is 0 Å². The minimum Gasteiger partial charge on any atom is -0.325 e. The topological polar surface area (TPSA) is 33.2 Å². The summed E-state index contributed by atoms with van der Waals surface area (Å²) in [5, 5.41) is 0.769. The molecule has 0 aliphatic carbocycles. The molecule has 0 atom stereocenters. The fourth-order valence-corrected chi connectivity index (χ4v) is 6.54. The van der Waals surface area contributed by atoms with Crippen molar-refractivity contribution >= 4 is 59.9 Å². The predicted octanol–water partition coefficient (Wildman–Crippen LogP) is 7.05. The number of para-hydroxylation sites is 1. The summed E-state index contributed by atoms with van der Waals surface area (Å²) in [4.78, 5) is 20.8. The van der Waals surface area contributed by atoms with Gasteiger partial charge in [0.05, 0.1) is 39.5 Å². The van der Waals surface area contributed by atoms with Gasteiger partial charge in [-0.1, -0.05) is 52.8 Å². The van der Waals surface area contributed by atoms with Crippen LogP contribution in [-0.4, -0.2) is 42.6 Å². The van der Waals surface area contributed by atoms with Crippen molar-refractivity contribution in [2.24, 2.45) is 0 Å². The van der Waals surface area contributed by atoms with Crippen LogP contribution < -0.4 is 4.90 Å². The SMILES string of the molecule is Cc1cc(C)cc(C[N+](C)(C)CCCN(C(=O)c2ccc(Br)s2)c2nc3ccccc3s2)c1. The van der Waals surface area contributed by atoms with Gasteiger partial charge in [-0.15, -0.1) is 11.3 Å². The first-order valence-corrected chi connectivity index (χ1v) is 13.4. The van der Waals surface area contributed by atoms with Crippen LogP contribution in [0.25, 0.3) is 10.2 Å². The third kappa shape index (κ3) is 6.09. The molecule has 0 N–H and O–H groups in total. The standard InChI is InChI=1S/C26H29BrN3OS2/c1-18-14-19(2)16-20(15-18)17-30(3,4)13-7-12-29(25(31)23-10-11-24(27)32-23)26-28-21-8-5-6-9-22(21)33-26/h5-6,8-11,14-16H,7,12-13,17H2,1-4H3/q+1. The lowest BCUT2D eigenvalue weighted by atomic mass is 10.1. The molecule has 4 rings (SSSR count).